The maximum Gasteiger partial charge on any atom is 0.0637 e. The van der Waals surface area contributed by atoms with Crippen molar-refractivity contribution in [1.29, 1.82) is 0 Å². The van der Waals surface area contributed by atoms with Crippen molar-refractivity contribution in [1.82, 2.24) is 4.90 Å². The molecule has 1 aliphatic carbocycles. The molecule has 0 aliphatic heterocycles. The van der Waals surface area contributed by atoms with E-state index in [1.807, 2.05) is 24.3 Å². The van der Waals surface area contributed by atoms with Crippen molar-refractivity contribution in [2.45, 2.75) is 25.8 Å². The van der Waals surface area contributed by atoms with E-state index >= 15 is 0 Å². The third kappa shape index (κ3) is 3.13. The molecule has 1 fully saturated rings. The van der Waals surface area contributed by atoms with E-state index < -0.39 is 0 Å². The Balaban J connectivity index is 1.77. The van der Waals surface area contributed by atoms with Gasteiger partial charge in [0.05, 0.1) is 10.7 Å². The minimum absolute atomic E-state index is 0.803. The quantitative estimate of drug-likeness (QED) is 0.819. The zero-order chi connectivity index (χ0) is 11.4. The van der Waals surface area contributed by atoms with Gasteiger partial charge in [0.2, 0.25) is 0 Å². The molecule has 0 saturated heterocycles. The number of para-hydroxylation sites is 1. The van der Waals surface area contributed by atoms with Crippen molar-refractivity contribution in [3.8, 4) is 0 Å². The van der Waals surface area contributed by atoms with E-state index in [2.05, 4.69) is 17.1 Å². The first-order valence-corrected chi connectivity index (χ1v) is 6.41. The summed E-state index contributed by atoms with van der Waals surface area (Å²) in [6, 6.07) is 8.75. The van der Waals surface area contributed by atoms with Gasteiger partial charge in [0.25, 0.3) is 0 Å². The lowest BCUT2D eigenvalue weighted by molar-refractivity contribution is 0.289. The van der Waals surface area contributed by atoms with Gasteiger partial charge in [-0.05, 0) is 31.5 Å². The number of anilines is 1. The highest BCUT2D eigenvalue weighted by molar-refractivity contribution is 6.33. The fourth-order valence-corrected chi connectivity index (χ4v) is 2.18. The number of likely N-dealkylation sites (N-methyl/N-ethyl adjacent to an activating group) is 1. The summed E-state index contributed by atoms with van der Waals surface area (Å²) < 4.78 is 0. The molecule has 1 aromatic carbocycles. The number of halogens is 1. The number of benzene rings is 1. The maximum absolute atomic E-state index is 6.07. The number of hydrogen-bond donors (Lipinski definition) is 1. The second-order valence-corrected chi connectivity index (χ2v) is 4.67. The summed E-state index contributed by atoms with van der Waals surface area (Å²) in [6.45, 7) is 5.45. The van der Waals surface area contributed by atoms with Gasteiger partial charge in [-0.25, -0.2) is 0 Å². The number of rotatable bonds is 6. The second kappa shape index (κ2) is 5.55. The smallest absolute Gasteiger partial charge is 0.0637 e. The first-order chi connectivity index (χ1) is 7.81. The van der Waals surface area contributed by atoms with Gasteiger partial charge in [-0.1, -0.05) is 30.7 Å². The SMILES string of the molecule is CCN(CCNc1ccccc1Cl)C1CC1. The molecule has 2 nitrogen and oxygen atoms in total. The van der Waals surface area contributed by atoms with Crippen molar-refractivity contribution in [3.63, 3.8) is 0 Å². The van der Waals surface area contributed by atoms with Crippen LogP contribution in [-0.4, -0.2) is 30.6 Å². The van der Waals surface area contributed by atoms with Crippen LogP contribution in [0.2, 0.25) is 5.02 Å². The molecule has 0 spiro atoms. The van der Waals surface area contributed by atoms with Crippen molar-refractivity contribution in [2.75, 3.05) is 25.0 Å². The molecule has 0 atom stereocenters. The van der Waals surface area contributed by atoms with Crippen LogP contribution >= 0.6 is 11.6 Å². The topological polar surface area (TPSA) is 15.3 Å². The van der Waals surface area contributed by atoms with Crippen LogP contribution in [0.1, 0.15) is 19.8 Å². The minimum atomic E-state index is 0.803. The maximum atomic E-state index is 6.07. The summed E-state index contributed by atoms with van der Waals surface area (Å²) in [6.07, 6.45) is 2.75. The lowest BCUT2D eigenvalue weighted by Gasteiger charge is -2.20. The predicted molar refractivity (Wildman–Crippen MR) is 70.2 cm³/mol. The Morgan fingerprint density at radius 3 is 2.75 bits per heavy atom. The molecule has 0 amide bonds. The highest BCUT2D eigenvalue weighted by Gasteiger charge is 2.26. The Morgan fingerprint density at radius 2 is 2.12 bits per heavy atom. The predicted octanol–water partition coefficient (Wildman–Crippen LogP) is 3.24. The summed E-state index contributed by atoms with van der Waals surface area (Å²) >= 11 is 6.07. The van der Waals surface area contributed by atoms with Crippen molar-refractivity contribution in [2.24, 2.45) is 0 Å². The van der Waals surface area contributed by atoms with Crippen LogP contribution < -0.4 is 5.32 Å². The monoisotopic (exact) mass is 238 g/mol. The molecular formula is C13H19ClN2. The molecule has 1 aliphatic rings. The molecule has 2 rings (SSSR count). The number of nitrogens with zero attached hydrogens (tertiary/aromatic N) is 1. The minimum Gasteiger partial charge on any atom is -0.383 e. The Morgan fingerprint density at radius 1 is 1.38 bits per heavy atom. The molecule has 1 saturated carbocycles. The lowest BCUT2D eigenvalue weighted by atomic mass is 10.3. The summed E-state index contributed by atoms with van der Waals surface area (Å²) in [7, 11) is 0. The fourth-order valence-electron chi connectivity index (χ4n) is 1.98. The second-order valence-electron chi connectivity index (χ2n) is 4.27. The molecule has 1 aromatic rings. The van der Waals surface area contributed by atoms with Crippen LogP contribution in [-0.2, 0) is 0 Å². The third-order valence-corrected chi connectivity index (χ3v) is 3.39. The normalized spacial score (nSPS) is 15.4. The van der Waals surface area contributed by atoms with E-state index in [-0.39, 0.29) is 0 Å². The molecule has 0 unspecified atom stereocenters. The molecule has 0 bridgehead atoms. The average molecular weight is 239 g/mol. The van der Waals surface area contributed by atoms with Crippen LogP contribution in [0, 0.1) is 0 Å². The van der Waals surface area contributed by atoms with E-state index in [0.29, 0.717) is 0 Å². The van der Waals surface area contributed by atoms with Gasteiger partial charge in [-0.2, -0.15) is 0 Å². The first kappa shape index (κ1) is 11.7. The Labute approximate surface area is 103 Å². The van der Waals surface area contributed by atoms with E-state index in [1.54, 1.807) is 0 Å². The van der Waals surface area contributed by atoms with Crippen LogP contribution in [0.25, 0.3) is 0 Å². The largest absolute Gasteiger partial charge is 0.383 e. The zero-order valence-electron chi connectivity index (χ0n) is 9.75. The van der Waals surface area contributed by atoms with E-state index in [0.717, 1.165) is 36.4 Å². The molecule has 88 valence electrons. The summed E-state index contributed by atoms with van der Waals surface area (Å²) in [5.41, 5.74) is 1.04. The van der Waals surface area contributed by atoms with Gasteiger partial charge in [0, 0.05) is 19.1 Å². The number of hydrogen-bond acceptors (Lipinski definition) is 2. The molecule has 1 N–H and O–H groups in total. The molecule has 0 aromatic heterocycles. The Bertz CT molecular complexity index is 336. The van der Waals surface area contributed by atoms with E-state index in [9.17, 15) is 0 Å². The Kier molecular flexibility index (Phi) is 4.08. The third-order valence-electron chi connectivity index (χ3n) is 3.06. The van der Waals surface area contributed by atoms with Crippen LogP contribution in [0.3, 0.4) is 0 Å². The van der Waals surface area contributed by atoms with Crippen LogP contribution in [0.15, 0.2) is 24.3 Å². The van der Waals surface area contributed by atoms with Crippen molar-refractivity contribution < 1.29 is 0 Å². The standard InChI is InChI=1S/C13H19ClN2/c1-2-16(11-7-8-11)10-9-15-13-6-4-3-5-12(13)14/h3-6,11,15H,2,7-10H2,1H3. The summed E-state index contributed by atoms with van der Waals surface area (Å²) in [4.78, 5) is 2.53. The average Bonchev–Trinajstić information content (AvgIpc) is 3.11. The molecule has 0 radical (unpaired) electrons. The van der Waals surface area contributed by atoms with Crippen LogP contribution in [0.5, 0.6) is 0 Å². The first-order valence-electron chi connectivity index (χ1n) is 6.03. The lowest BCUT2D eigenvalue weighted by Crippen LogP contribution is -2.30. The summed E-state index contributed by atoms with van der Waals surface area (Å²) in [5.74, 6) is 0. The fraction of sp³-hybridized carbons (Fsp3) is 0.538. The van der Waals surface area contributed by atoms with Gasteiger partial charge in [-0.15, -0.1) is 0 Å². The molecule has 0 heterocycles. The van der Waals surface area contributed by atoms with E-state index in [4.69, 9.17) is 11.6 Å². The van der Waals surface area contributed by atoms with Gasteiger partial charge >= 0.3 is 0 Å². The number of nitrogens with one attached hydrogen (secondary N) is 1. The van der Waals surface area contributed by atoms with Gasteiger partial charge in [0.15, 0.2) is 0 Å². The van der Waals surface area contributed by atoms with Crippen molar-refractivity contribution in [3.05, 3.63) is 29.3 Å². The summed E-state index contributed by atoms with van der Waals surface area (Å²) in [5, 5.41) is 4.19. The van der Waals surface area contributed by atoms with Crippen LogP contribution in [0.4, 0.5) is 5.69 Å². The van der Waals surface area contributed by atoms with Gasteiger partial charge in [0.1, 0.15) is 0 Å². The molecule has 16 heavy (non-hydrogen) atoms. The van der Waals surface area contributed by atoms with Gasteiger partial charge in [-0.3, -0.25) is 4.90 Å². The highest BCUT2D eigenvalue weighted by Crippen LogP contribution is 2.26. The Hall–Kier alpha value is -0.730. The highest BCUT2D eigenvalue weighted by atomic mass is 35.5. The zero-order valence-corrected chi connectivity index (χ0v) is 10.5. The van der Waals surface area contributed by atoms with E-state index in [1.165, 1.54) is 12.8 Å². The van der Waals surface area contributed by atoms with Gasteiger partial charge < -0.3 is 5.32 Å². The van der Waals surface area contributed by atoms with Crippen molar-refractivity contribution >= 4 is 17.3 Å². The molecular weight excluding hydrogens is 220 g/mol. The molecule has 3 heteroatoms.